The minimum atomic E-state index is 0.156. The summed E-state index contributed by atoms with van der Waals surface area (Å²) in [5.41, 5.74) is 2.48. The van der Waals surface area contributed by atoms with Crippen molar-refractivity contribution in [2.45, 2.75) is 39.7 Å². The summed E-state index contributed by atoms with van der Waals surface area (Å²) in [7, 11) is 0. The maximum atomic E-state index is 12.5. The quantitative estimate of drug-likeness (QED) is 0.859. The van der Waals surface area contributed by atoms with Crippen LogP contribution < -0.4 is 9.47 Å². The van der Waals surface area contributed by atoms with Crippen molar-refractivity contribution in [3.63, 3.8) is 0 Å². The molecular weight excluding hydrogens is 266 g/mol. The second-order valence-electron chi connectivity index (χ2n) is 5.79. The molecule has 0 radical (unpaired) electrons. The van der Waals surface area contributed by atoms with Crippen molar-refractivity contribution in [1.29, 1.82) is 0 Å². The van der Waals surface area contributed by atoms with Gasteiger partial charge in [0.1, 0.15) is 13.2 Å². The van der Waals surface area contributed by atoms with Gasteiger partial charge in [0.2, 0.25) is 5.91 Å². The summed E-state index contributed by atoms with van der Waals surface area (Å²) < 4.78 is 11.3. The molecule has 0 spiro atoms. The van der Waals surface area contributed by atoms with Gasteiger partial charge >= 0.3 is 0 Å². The summed E-state index contributed by atoms with van der Waals surface area (Å²) in [5.74, 6) is 2.11. The summed E-state index contributed by atoms with van der Waals surface area (Å²) in [6, 6.07) is 4.14. The Morgan fingerprint density at radius 1 is 1.14 bits per heavy atom. The summed E-state index contributed by atoms with van der Waals surface area (Å²) in [6.45, 7) is 6.90. The SMILES string of the molecule is CCC(CC)C(=O)N1CCc2cc3c(cc2C1)OCCO3. The Hall–Kier alpha value is -1.71. The maximum absolute atomic E-state index is 12.5. The number of hydrogen-bond acceptors (Lipinski definition) is 3. The van der Waals surface area contributed by atoms with E-state index >= 15 is 0 Å². The number of fused-ring (bicyclic) bond motifs is 2. The Balaban J connectivity index is 1.80. The smallest absolute Gasteiger partial charge is 0.225 e. The van der Waals surface area contributed by atoms with Crippen LogP contribution in [0.3, 0.4) is 0 Å². The Kier molecular flexibility index (Phi) is 4.04. The molecule has 0 aliphatic carbocycles. The zero-order valence-electron chi connectivity index (χ0n) is 12.9. The number of hydrogen-bond donors (Lipinski definition) is 0. The molecule has 0 unspecified atom stereocenters. The van der Waals surface area contributed by atoms with Gasteiger partial charge in [0.15, 0.2) is 11.5 Å². The van der Waals surface area contributed by atoms with Crippen molar-refractivity contribution >= 4 is 5.91 Å². The fraction of sp³-hybridized carbons (Fsp3) is 0.588. The Labute approximate surface area is 126 Å². The molecule has 2 aliphatic rings. The third kappa shape index (κ3) is 2.71. The van der Waals surface area contributed by atoms with E-state index in [0.717, 1.165) is 37.3 Å². The highest BCUT2D eigenvalue weighted by atomic mass is 16.6. The minimum absolute atomic E-state index is 0.156. The van der Waals surface area contributed by atoms with Crippen molar-refractivity contribution in [3.05, 3.63) is 23.3 Å². The van der Waals surface area contributed by atoms with Crippen LogP contribution in [0, 0.1) is 5.92 Å². The Bertz CT molecular complexity index is 537. The Morgan fingerprint density at radius 2 is 1.76 bits per heavy atom. The van der Waals surface area contributed by atoms with Crippen LogP contribution in [0.2, 0.25) is 0 Å². The number of nitrogens with zero attached hydrogens (tertiary/aromatic N) is 1. The normalized spacial score (nSPS) is 16.8. The molecule has 2 heterocycles. The van der Waals surface area contributed by atoms with Gasteiger partial charge in [0.25, 0.3) is 0 Å². The molecule has 1 aromatic rings. The van der Waals surface area contributed by atoms with Gasteiger partial charge in [0, 0.05) is 19.0 Å². The highest BCUT2D eigenvalue weighted by molar-refractivity contribution is 5.79. The molecule has 4 nitrogen and oxygen atoms in total. The molecule has 1 amide bonds. The number of carbonyl (C=O) groups excluding carboxylic acids is 1. The van der Waals surface area contributed by atoms with Gasteiger partial charge in [-0.15, -0.1) is 0 Å². The van der Waals surface area contributed by atoms with E-state index in [-0.39, 0.29) is 5.92 Å². The first-order chi connectivity index (χ1) is 10.2. The van der Waals surface area contributed by atoms with Gasteiger partial charge in [0.05, 0.1) is 0 Å². The minimum Gasteiger partial charge on any atom is -0.486 e. The van der Waals surface area contributed by atoms with Crippen LogP contribution in [0.15, 0.2) is 12.1 Å². The first-order valence-corrected chi connectivity index (χ1v) is 7.93. The number of amides is 1. The second kappa shape index (κ2) is 5.96. The van der Waals surface area contributed by atoms with E-state index in [2.05, 4.69) is 26.0 Å². The molecule has 2 aliphatic heterocycles. The molecule has 0 fully saturated rings. The van der Waals surface area contributed by atoms with Gasteiger partial charge < -0.3 is 14.4 Å². The summed E-state index contributed by atoms with van der Waals surface area (Å²) >= 11 is 0. The lowest BCUT2D eigenvalue weighted by Gasteiger charge is -2.32. The molecule has 114 valence electrons. The largest absolute Gasteiger partial charge is 0.486 e. The van der Waals surface area contributed by atoms with E-state index in [1.165, 1.54) is 11.1 Å². The molecule has 1 aromatic carbocycles. The van der Waals surface area contributed by atoms with Crippen LogP contribution in [0.25, 0.3) is 0 Å². The molecule has 3 rings (SSSR count). The van der Waals surface area contributed by atoms with Crippen molar-refractivity contribution in [3.8, 4) is 11.5 Å². The molecule has 0 aromatic heterocycles. The lowest BCUT2D eigenvalue weighted by molar-refractivity contribution is -0.136. The zero-order valence-corrected chi connectivity index (χ0v) is 12.9. The van der Waals surface area contributed by atoms with Crippen LogP contribution in [-0.2, 0) is 17.8 Å². The molecule has 4 heteroatoms. The van der Waals surface area contributed by atoms with E-state index < -0.39 is 0 Å². The zero-order chi connectivity index (χ0) is 14.8. The average Bonchev–Trinajstić information content (AvgIpc) is 2.53. The lowest BCUT2D eigenvalue weighted by atomic mass is 9.95. The van der Waals surface area contributed by atoms with Gasteiger partial charge in [-0.1, -0.05) is 13.8 Å². The second-order valence-corrected chi connectivity index (χ2v) is 5.79. The predicted molar refractivity (Wildman–Crippen MR) is 80.6 cm³/mol. The topological polar surface area (TPSA) is 38.8 Å². The highest BCUT2D eigenvalue weighted by Gasteiger charge is 2.27. The standard InChI is InChI=1S/C17H23NO3/c1-3-12(4-2)17(19)18-6-5-13-9-15-16(10-14(13)11-18)21-8-7-20-15/h9-10,12H,3-8,11H2,1-2H3. The Morgan fingerprint density at radius 3 is 2.38 bits per heavy atom. The van der Waals surface area contributed by atoms with Crippen LogP contribution in [0.4, 0.5) is 0 Å². The molecule has 0 N–H and O–H groups in total. The summed E-state index contributed by atoms with van der Waals surface area (Å²) in [6.07, 6.45) is 2.73. The van der Waals surface area contributed by atoms with E-state index in [1.54, 1.807) is 0 Å². The van der Waals surface area contributed by atoms with E-state index in [4.69, 9.17) is 9.47 Å². The molecule has 0 bridgehead atoms. The third-order valence-electron chi connectivity index (χ3n) is 4.52. The molecule has 21 heavy (non-hydrogen) atoms. The van der Waals surface area contributed by atoms with Crippen LogP contribution in [0.1, 0.15) is 37.8 Å². The van der Waals surface area contributed by atoms with Crippen molar-refractivity contribution in [1.82, 2.24) is 4.90 Å². The number of benzene rings is 1. The van der Waals surface area contributed by atoms with Crippen LogP contribution in [0.5, 0.6) is 11.5 Å². The first kappa shape index (κ1) is 14.2. The molecule has 0 saturated heterocycles. The van der Waals surface area contributed by atoms with Crippen molar-refractivity contribution < 1.29 is 14.3 Å². The maximum Gasteiger partial charge on any atom is 0.225 e. The summed E-state index contributed by atoms with van der Waals surface area (Å²) in [5, 5.41) is 0. The van der Waals surface area contributed by atoms with Crippen molar-refractivity contribution in [2.24, 2.45) is 5.92 Å². The fourth-order valence-corrected chi connectivity index (χ4v) is 3.18. The van der Waals surface area contributed by atoms with Gasteiger partial charge in [-0.2, -0.15) is 0 Å². The number of rotatable bonds is 3. The van der Waals surface area contributed by atoms with E-state index in [1.807, 2.05) is 4.90 Å². The lowest BCUT2D eigenvalue weighted by Crippen LogP contribution is -2.39. The first-order valence-electron chi connectivity index (χ1n) is 7.93. The fourth-order valence-electron chi connectivity index (χ4n) is 3.18. The highest BCUT2D eigenvalue weighted by Crippen LogP contribution is 2.35. The van der Waals surface area contributed by atoms with E-state index in [0.29, 0.717) is 25.7 Å². The van der Waals surface area contributed by atoms with Crippen molar-refractivity contribution in [2.75, 3.05) is 19.8 Å². The summed E-state index contributed by atoms with van der Waals surface area (Å²) in [4.78, 5) is 14.5. The third-order valence-corrected chi connectivity index (χ3v) is 4.52. The monoisotopic (exact) mass is 289 g/mol. The van der Waals surface area contributed by atoms with Gasteiger partial charge in [-0.05, 0) is 42.5 Å². The predicted octanol–water partition coefficient (Wildman–Crippen LogP) is 2.78. The molecular formula is C17H23NO3. The van der Waals surface area contributed by atoms with Gasteiger partial charge in [-0.3, -0.25) is 4.79 Å². The average molecular weight is 289 g/mol. The molecule has 0 saturated carbocycles. The van der Waals surface area contributed by atoms with Gasteiger partial charge in [-0.25, -0.2) is 0 Å². The van der Waals surface area contributed by atoms with Crippen LogP contribution >= 0.6 is 0 Å². The number of carbonyl (C=O) groups is 1. The van der Waals surface area contributed by atoms with E-state index in [9.17, 15) is 4.79 Å². The number of ether oxygens (including phenoxy) is 2. The molecule has 0 atom stereocenters. The van der Waals surface area contributed by atoms with Crippen LogP contribution in [-0.4, -0.2) is 30.6 Å².